The van der Waals surface area contributed by atoms with Crippen molar-refractivity contribution in [2.75, 3.05) is 13.2 Å². The lowest BCUT2D eigenvalue weighted by molar-refractivity contribution is -0.164. The smallest absolute Gasteiger partial charge is 0.0643 e. The first-order chi connectivity index (χ1) is 8.06. The predicted octanol–water partition coefficient (Wildman–Crippen LogP) is 3.01. The van der Waals surface area contributed by atoms with Gasteiger partial charge in [-0.25, -0.2) is 0 Å². The van der Waals surface area contributed by atoms with E-state index in [0.717, 1.165) is 13.0 Å². The van der Waals surface area contributed by atoms with Crippen LogP contribution in [0, 0.1) is 23.2 Å². The molecule has 2 aliphatic rings. The summed E-state index contributed by atoms with van der Waals surface area (Å²) in [4.78, 5) is 0. The minimum atomic E-state index is -0.0472. The summed E-state index contributed by atoms with van der Waals surface area (Å²) < 4.78 is 6.09. The Morgan fingerprint density at radius 3 is 2.76 bits per heavy atom. The number of hydrogen-bond acceptors (Lipinski definition) is 2. The minimum absolute atomic E-state index is 0.0472. The van der Waals surface area contributed by atoms with Crippen LogP contribution in [0.1, 0.15) is 40.5 Å². The molecule has 1 heterocycles. The third kappa shape index (κ3) is 1.86. The normalized spacial score (nSPS) is 45.6. The van der Waals surface area contributed by atoms with Gasteiger partial charge in [0.25, 0.3) is 0 Å². The van der Waals surface area contributed by atoms with Gasteiger partial charge in [-0.2, -0.15) is 0 Å². The average Bonchev–Trinajstić information content (AvgIpc) is 2.28. The minimum Gasteiger partial charge on any atom is -0.396 e. The number of fused-ring (bicyclic) bond motifs is 2. The number of ether oxygens (including phenoxy) is 1. The first-order valence-electron chi connectivity index (χ1n) is 6.97. The Balaban J connectivity index is 2.34. The van der Waals surface area contributed by atoms with Gasteiger partial charge in [-0.1, -0.05) is 38.8 Å². The molecule has 5 unspecified atom stereocenters. The maximum absolute atomic E-state index is 9.83. The Morgan fingerprint density at radius 2 is 2.18 bits per heavy atom. The second-order valence-electron chi connectivity index (χ2n) is 6.04. The molecule has 1 aliphatic heterocycles. The van der Waals surface area contributed by atoms with Crippen LogP contribution in [-0.2, 0) is 4.74 Å². The van der Waals surface area contributed by atoms with Crippen molar-refractivity contribution >= 4 is 0 Å². The lowest BCUT2D eigenvalue weighted by Crippen LogP contribution is -2.56. The number of hydrogen-bond donors (Lipinski definition) is 1. The SMILES string of the molecule is CCCC1OCC2(CO)C(C)C=C(C)C1C2C. The number of rotatable bonds is 3. The van der Waals surface area contributed by atoms with Crippen molar-refractivity contribution in [3.8, 4) is 0 Å². The van der Waals surface area contributed by atoms with E-state index in [9.17, 15) is 5.11 Å². The van der Waals surface area contributed by atoms with Crippen LogP contribution < -0.4 is 0 Å². The van der Waals surface area contributed by atoms with Crippen molar-refractivity contribution in [2.45, 2.75) is 46.6 Å². The van der Waals surface area contributed by atoms with Gasteiger partial charge in [0.05, 0.1) is 19.3 Å². The molecule has 0 aromatic rings. The van der Waals surface area contributed by atoms with Gasteiger partial charge in [0.1, 0.15) is 0 Å². The number of allylic oxidation sites excluding steroid dienone is 1. The second kappa shape index (κ2) is 4.74. The summed E-state index contributed by atoms with van der Waals surface area (Å²) in [5.74, 6) is 1.45. The molecule has 1 fully saturated rings. The molecule has 98 valence electrons. The third-order valence-corrected chi connectivity index (χ3v) is 5.23. The van der Waals surface area contributed by atoms with Crippen molar-refractivity contribution in [3.63, 3.8) is 0 Å². The highest BCUT2D eigenvalue weighted by molar-refractivity contribution is 5.20. The van der Waals surface area contributed by atoms with E-state index < -0.39 is 0 Å². The van der Waals surface area contributed by atoms with Crippen molar-refractivity contribution in [2.24, 2.45) is 23.2 Å². The molecule has 2 nitrogen and oxygen atoms in total. The molecule has 0 aromatic heterocycles. The Bertz CT molecular complexity index is 310. The molecule has 2 rings (SSSR count). The van der Waals surface area contributed by atoms with Gasteiger partial charge in [0, 0.05) is 11.3 Å². The fourth-order valence-corrected chi connectivity index (χ4v) is 3.96. The van der Waals surface area contributed by atoms with Crippen LogP contribution in [0.5, 0.6) is 0 Å². The van der Waals surface area contributed by atoms with E-state index in [-0.39, 0.29) is 12.0 Å². The van der Waals surface area contributed by atoms with Crippen LogP contribution >= 0.6 is 0 Å². The standard InChI is InChI=1S/C15H26O2/c1-5-6-13-14-10(2)7-11(3)15(8-16,9-17-13)12(14)4/h7,11-14,16H,5-6,8-9H2,1-4H3. The molecule has 2 heteroatoms. The molecule has 0 spiro atoms. The van der Waals surface area contributed by atoms with E-state index >= 15 is 0 Å². The van der Waals surface area contributed by atoms with Crippen LogP contribution in [0.4, 0.5) is 0 Å². The average molecular weight is 238 g/mol. The fraction of sp³-hybridized carbons (Fsp3) is 0.867. The van der Waals surface area contributed by atoms with E-state index in [0.29, 0.717) is 23.9 Å². The van der Waals surface area contributed by atoms with E-state index in [1.165, 1.54) is 12.0 Å². The van der Waals surface area contributed by atoms with Crippen LogP contribution in [-0.4, -0.2) is 24.4 Å². The summed E-state index contributed by atoms with van der Waals surface area (Å²) in [6, 6.07) is 0. The molecule has 0 saturated carbocycles. The molecular weight excluding hydrogens is 212 g/mol. The molecule has 1 aliphatic carbocycles. The van der Waals surface area contributed by atoms with Crippen molar-refractivity contribution in [3.05, 3.63) is 11.6 Å². The van der Waals surface area contributed by atoms with Gasteiger partial charge in [-0.3, -0.25) is 0 Å². The van der Waals surface area contributed by atoms with Crippen molar-refractivity contribution in [1.82, 2.24) is 0 Å². The highest BCUT2D eigenvalue weighted by Crippen LogP contribution is 2.52. The molecule has 17 heavy (non-hydrogen) atoms. The molecule has 2 bridgehead atoms. The van der Waals surface area contributed by atoms with E-state index in [4.69, 9.17) is 4.74 Å². The zero-order valence-corrected chi connectivity index (χ0v) is 11.6. The summed E-state index contributed by atoms with van der Waals surface area (Å²) in [6.07, 6.45) is 5.03. The van der Waals surface area contributed by atoms with Crippen LogP contribution in [0.25, 0.3) is 0 Å². The summed E-state index contributed by atoms with van der Waals surface area (Å²) in [5.41, 5.74) is 1.42. The molecule has 0 radical (unpaired) electrons. The molecule has 0 aromatic carbocycles. The highest BCUT2D eigenvalue weighted by Gasteiger charge is 2.52. The first kappa shape index (κ1) is 13.1. The van der Waals surface area contributed by atoms with Gasteiger partial charge in [-0.15, -0.1) is 0 Å². The van der Waals surface area contributed by atoms with E-state index in [1.54, 1.807) is 0 Å². The maximum atomic E-state index is 9.83. The fourth-order valence-electron chi connectivity index (χ4n) is 3.96. The van der Waals surface area contributed by atoms with E-state index in [1.807, 2.05) is 0 Å². The van der Waals surface area contributed by atoms with Gasteiger partial charge in [0.15, 0.2) is 0 Å². The summed E-state index contributed by atoms with van der Waals surface area (Å²) in [6.45, 7) is 9.93. The Kier molecular flexibility index (Phi) is 3.65. The Morgan fingerprint density at radius 1 is 1.47 bits per heavy atom. The molecule has 1 saturated heterocycles. The molecular formula is C15H26O2. The summed E-state index contributed by atoms with van der Waals surface area (Å²) in [7, 11) is 0. The van der Waals surface area contributed by atoms with Crippen LogP contribution in [0.15, 0.2) is 11.6 Å². The molecule has 0 amide bonds. The Hall–Kier alpha value is -0.340. The first-order valence-corrected chi connectivity index (χ1v) is 6.97. The van der Waals surface area contributed by atoms with Gasteiger partial charge in [-0.05, 0) is 25.2 Å². The van der Waals surface area contributed by atoms with E-state index in [2.05, 4.69) is 33.8 Å². The topological polar surface area (TPSA) is 29.5 Å². The zero-order valence-electron chi connectivity index (χ0n) is 11.6. The Labute approximate surface area is 105 Å². The van der Waals surface area contributed by atoms with Gasteiger partial charge >= 0.3 is 0 Å². The lowest BCUT2D eigenvalue weighted by Gasteiger charge is -2.55. The predicted molar refractivity (Wildman–Crippen MR) is 69.7 cm³/mol. The van der Waals surface area contributed by atoms with Gasteiger partial charge in [0.2, 0.25) is 0 Å². The van der Waals surface area contributed by atoms with Crippen molar-refractivity contribution in [1.29, 1.82) is 0 Å². The zero-order chi connectivity index (χ0) is 12.6. The summed E-state index contributed by atoms with van der Waals surface area (Å²) >= 11 is 0. The lowest BCUT2D eigenvalue weighted by atomic mass is 9.56. The second-order valence-corrected chi connectivity index (χ2v) is 6.04. The number of aliphatic hydroxyl groups excluding tert-OH is 1. The monoisotopic (exact) mass is 238 g/mol. The maximum Gasteiger partial charge on any atom is 0.0643 e. The van der Waals surface area contributed by atoms with Gasteiger partial charge < -0.3 is 9.84 Å². The number of aliphatic hydroxyl groups is 1. The van der Waals surface area contributed by atoms with Crippen LogP contribution in [0.3, 0.4) is 0 Å². The third-order valence-electron chi connectivity index (χ3n) is 5.23. The van der Waals surface area contributed by atoms with Crippen LogP contribution in [0.2, 0.25) is 0 Å². The molecule has 5 atom stereocenters. The summed E-state index contributed by atoms with van der Waals surface area (Å²) in [5, 5.41) is 9.83. The quantitative estimate of drug-likeness (QED) is 0.766. The molecule has 1 N–H and O–H groups in total. The highest BCUT2D eigenvalue weighted by atomic mass is 16.5. The van der Waals surface area contributed by atoms with Crippen molar-refractivity contribution < 1.29 is 9.84 Å². The largest absolute Gasteiger partial charge is 0.396 e.